The molecule has 3 rings (SSSR count). The first-order chi connectivity index (χ1) is 14.6. The van der Waals surface area contributed by atoms with Gasteiger partial charge in [-0.15, -0.1) is 0 Å². The summed E-state index contributed by atoms with van der Waals surface area (Å²) in [4.78, 5) is 12.6. The van der Waals surface area contributed by atoms with Crippen LogP contribution in [0.1, 0.15) is 27.2 Å². The Morgan fingerprint density at radius 2 is 1.81 bits per heavy atom. The molecule has 1 heterocycles. The van der Waals surface area contributed by atoms with Crippen molar-refractivity contribution in [2.75, 3.05) is 11.9 Å². The Morgan fingerprint density at radius 1 is 1.13 bits per heavy atom. The molecule has 0 bridgehead atoms. The van der Waals surface area contributed by atoms with E-state index in [0.717, 1.165) is 5.69 Å². The first-order valence-electron chi connectivity index (χ1n) is 9.14. The second-order valence-corrected chi connectivity index (χ2v) is 7.61. The zero-order valence-corrected chi connectivity index (χ0v) is 17.9. The standard InChI is InChI=1S/C21H18Cl2F3N3O2/c1-13-8-19(28-29(13)10-16-17(22)6-3-7-18(16)23)27-20(30)15-5-2-4-14(9-15)11-31-12-21(24,25)26/h2-9H,10-12H2,1H3,(H,27,28,30). The summed E-state index contributed by atoms with van der Waals surface area (Å²) in [7, 11) is 0. The van der Waals surface area contributed by atoms with E-state index in [-0.39, 0.29) is 12.2 Å². The van der Waals surface area contributed by atoms with Crippen LogP contribution in [0, 0.1) is 6.92 Å². The number of aryl methyl sites for hydroxylation is 1. The van der Waals surface area contributed by atoms with Crippen molar-refractivity contribution in [2.24, 2.45) is 0 Å². The first-order valence-corrected chi connectivity index (χ1v) is 9.90. The molecule has 0 saturated carbocycles. The summed E-state index contributed by atoms with van der Waals surface area (Å²) >= 11 is 12.4. The van der Waals surface area contributed by atoms with E-state index in [0.29, 0.717) is 33.5 Å². The number of nitrogens with one attached hydrogen (secondary N) is 1. The number of hydrogen-bond donors (Lipinski definition) is 1. The van der Waals surface area contributed by atoms with Gasteiger partial charge in [0.25, 0.3) is 5.91 Å². The quantitative estimate of drug-likeness (QED) is 0.468. The second-order valence-electron chi connectivity index (χ2n) is 6.79. The summed E-state index contributed by atoms with van der Waals surface area (Å²) in [5.74, 6) is -0.123. The van der Waals surface area contributed by atoms with Crippen molar-refractivity contribution in [3.05, 3.63) is 81.0 Å². The van der Waals surface area contributed by atoms with Gasteiger partial charge in [-0.2, -0.15) is 18.3 Å². The summed E-state index contributed by atoms with van der Waals surface area (Å²) in [5, 5.41) is 8.08. The lowest BCUT2D eigenvalue weighted by atomic mass is 10.1. The van der Waals surface area contributed by atoms with Crippen molar-refractivity contribution in [3.8, 4) is 0 Å². The minimum absolute atomic E-state index is 0.257. The second kappa shape index (κ2) is 9.72. The van der Waals surface area contributed by atoms with Gasteiger partial charge in [-0.05, 0) is 36.8 Å². The molecule has 1 aromatic heterocycles. The number of anilines is 1. The number of carbonyl (C=O) groups excluding carboxylic acids is 1. The highest BCUT2D eigenvalue weighted by molar-refractivity contribution is 6.35. The third-order valence-corrected chi connectivity index (χ3v) is 5.02. The first kappa shape index (κ1) is 23.1. The zero-order chi connectivity index (χ0) is 22.6. The zero-order valence-electron chi connectivity index (χ0n) is 16.3. The number of hydrogen-bond acceptors (Lipinski definition) is 3. The Kier molecular flexibility index (Phi) is 7.25. The third-order valence-electron chi connectivity index (χ3n) is 4.32. The van der Waals surface area contributed by atoms with E-state index in [9.17, 15) is 18.0 Å². The molecule has 0 aliphatic heterocycles. The topological polar surface area (TPSA) is 56.1 Å². The van der Waals surface area contributed by atoms with Gasteiger partial charge in [-0.25, -0.2) is 0 Å². The molecule has 2 aromatic carbocycles. The van der Waals surface area contributed by atoms with Gasteiger partial charge in [0.2, 0.25) is 0 Å². The van der Waals surface area contributed by atoms with Gasteiger partial charge in [0.15, 0.2) is 5.82 Å². The van der Waals surface area contributed by atoms with Gasteiger partial charge >= 0.3 is 6.18 Å². The van der Waals surface area contributed by atoms with Crippen molar-refractivity contribution in [2.45, 2.75) is 26.3 Å². The Labute approximate surface area is 186 Å². The highest BCUT2D eigenvalue weighted by Crippen LogP contribution is 2.26. The molecule has 5 nitrogen and oxygen atoms in total. The van der Waals surface area contributed by atoms with Crippen molar-refractivity contribution < 1.29 is 22.7 Å². The van der Waals surface area contributed by atoms with Crippen LogP contribution in [0.4, 0.5) is 19.0 Å². The Bertz CT molecular complexity index is 1060. The van der Waals surface area contributed by atoms with Crippen molar-refractivity contribution in [1.29, 1.82) is 0 Å². The molecule has 0 saturated heterocycles. The molecule has 0 aliphatic carbocycles. The van der Waals surface area contributed by atoms with E-state index in [2.05, 4.69) is 15.2 Å². The summed E-state index contributed by atoms with van der Waals surface area (Å²) < 4.78 is 42.9. The molecule has 31 heavy (non-hydrogen) atoms. The number of carbonyl (C=O) groups is 1. The molecule has 1 amide bonds. The maximum atomic E-state index is 12.6. The fourth-order valence-electron chi connectivity index (χ4n) is 2.84. The highest BCUT2D eigenvalue weighted by Gasteiger charge is 2.27. The highest BCUT2D eigenvalue weighted by atomic mass is 35.5. The molecule has 1 N–H and O–H groups in total. The average Bonchev–Trinajstić information content (AvgIpc) is 3.03. The van der Waals surface area contributed by atoms with Crippen LogP contribution in [0.15, 0.2) is 48.5 Å². The molecular formula is C21H18Cl2F3N3O2. The van der Waals surface area contributed by atoms with Gasteiger partial charge < -0.3 is 10.1 Å². The molecular weight excluding hydrogens is 454 g/mol. The van der Waals surface area contributed by atoms with Crippen molar-refractivity contribution in [3.63, 3.8) is 0 Å². The molecule has 0 unspecified atom stereocenters. The van der Waals surface area contributed by atoms with Crippen LogP contribution in [0.3, 0.4) is 0 Å². The number of amides is 1. The van der Waals surface area contributed by atoms with Gasteiger partial charge in [0.05, 0.1) is 13.2 Å². The van der Waals surface area contributed by atoms with Crippen LogP contribution < -0.4 is 5.32 Å². The summed E-state index contributed by atoms with van der Waals surface area (Å²) in [6, 6.07) is 13.1. The summed E-state index contributed by atoms with van der Waals surface area (Å²) in [5.41, 5.74) is 2.21. The number of alkyl halides is 3. The molecule has 0 atom stereocenters. The number of halogens is 5. The Morgan fingerprint density at radius 3 is 2.48 bits per heavy atom. The molecule has 0 aliphatic rings. The molecule has 0 fully saturated rings. The molecule has 164 valence electrons. The predicted molar refractivity (Wildman–Crippen MR) is 113 cm³/mol. The van der Waals surface area contributed by atoms with Crippen LogP contribution >= 0.6 is 23.2 Å². The lowest BCUT2D eigenvalue weighted by Gasteiger charge is -2.09. The van der Waals surface area contributed by atoms with Crippen LogP contribution in [-0.2, 0) is 17.9 Å². The number of benzene rings is 2. The minimum Gasteiger partial charge on any atom is -0.367 e. The van der Waals surface area contributed by atoms with Gasteiger partial charge in [0, 0.05) is 32.9 Å². The molecule has 10 heteroatoms. The largest absolute Gasteiger partial charge is 0.411 e. The number of rotatable bonds is 7. The van der Waals surface area contributed by atoms with Crippen LogP contribution in [0.25, 0.3) is 0 Å². The maximum absolute atomic E-state index is 12.6. The maximum Gasteiger partial charge on any atom is 0.411 e. The van der Waals surface area contributed by atoms with Crippen molar-refractivity contribution in [1.82, 2.24) is 9.78 Å². The van der Waals surface area contributed by atoms with Crippen molar-refractivity contribution >= 4 is 34.9 Å². The van der Waals surface area contributed by atoms with E-state index in [1.807, 2.05) is 6.92 Å². The normalized spacial score (nSPS) is 11.5. The van der Waals surface area contributed by atoms with Crippen LogP contribution in [0.2, 0.25) is 10.0 Å². The van der Waals surface area contributed by atoms with E-state index >= 15 is 0 Å². The molecule has 0 spiro atoms. The predicted octanol–water partition coefficient (Wildman–Crippen LogP) is 5.88. The van der Waals surface area contributed by atoms with Gasteiger partial charge in [0.1, 0.15) is 6.61 Å². The number of aromatic nitrogens is 2. The molecule has 0 radical (unpaired) electrons. The van der Waals surface area contributed by atoms with Crippen LogP contribution in [-0.4, -0.2) is 28.5 Å². The lowest BCUT2D eigenvalue weighted by Crippen LogP contribution is -2.17. The SMILES string of the molecule is Cc1cc(NC(=O)c2cccc(COCC(F)(F)F)c2)nn1Cc1c(Cl)cccc1Cl. The lowest BCUT2D eigenvalue weighted by molar-refractivity contribution is -0.176. The van der Waals surface area contributed by atoms with Crippen LogP contribution in [0.5, 0.6) is 0 Å². The summed E-state index contributed by atoms with van der Waals surface area (Å²) in [6.45, 7) is 0.542. The molecule has 3 aromatic rings. The van der Waals surface area contributed by atoms with E-state index in [4.69, 9.17) is 23.2 Å². The van der Waals surface area contributed by atoms with Gasteiger partial charge in [-0.1, -0.05) is 41.4 Å². The van der Waals surface area contributed by atoms with E-state index in [1.54, 1.807) is 47.1 Å². The third kappa shape index (κ3) is 6.46. The Hall–Kier alpha value is -2.55. The van der Waals surface area contributed by atoms with E-state index < -0.39 is 18.7 Å². The smallest absolute Gasteiger partial charge is 0.367 e. The van der Waals surface area contributed by atoms with E-state index in [1.165, 1.54) is 6.07 Å². The van der Waals surface area contributed by atoms with Gasteiger partial charge in [-0.3, -0.25) is 9.48 Å². The summed E-state index contributed by atoms with van der Waals surface area (Å²) in [6.07, 6.45) is -4.40. The Balaban J connectivity index is 1.67. The number of ether oxygens (including phenoxy) is 1. The fourth-order valence-corrected chi connectivity index (χ4v) is 3.36. The minimum atomic E-state index is -4.40. The number of nitrogens with zero attached hydrogens (tertiary/aromatic N) is 2. The average molecular weight is 472 g/mol. The monoisotopic (exact) mass is 471 g/mol. The fraction of sp³-hybridized carbons (Fsp3) is 0.238.